The molecule has 2 aromatic carbocycles. The smallest absolute Gasteiger partial charge is 0.255 e. The third kappa shape index (κ3) is 4.61. The Morgan fingerprint density at radius 3 is 2.17 bits per heavy atom. The summed E-state index contributed by atoms with van der Waals surface area (Å²) < 4.78 is 33.0. The van der Waals surface area contributed by atoms with Gasteiger partial charge in [0.05, 0.1) is 7.11 Å². The number of amides is 2. The van der Waals surface area contributed by atoms with Crippen LogP contribution in [0.4, 0.5) is 5.69 Å². The molecule has 2 amide bonds. The predicted octanol–water partition coefficient (Wildman–Crippen LogP) is 0.982. The van der Waals surface area contributed by atoms with Gasteiger partial charge in [0.2, 0.25) is 15.9 Å². The SMILES string of the molecule is COc1ccc(C(=O)Nc2ccc(C(N)=O)cc2)cc1S(=O)(=O)N1CCN(C)CC1. The summed E-state index contributed by atoms with van der Waals surface area (Å²) in [6.07, 6.45) is 0. The zero-order valence-corrected chi connectivity index (χ0v) is 17.6. The van der Waals surface area contributed by atoms with Crippen molar-refractivity contribution in [3.8, 4) is 5.75 Å². The van der Waals surface area contributed by atoms with Crippen LogP contribution in [-0.4, -0.2) is 69.8 Å². The molecule has 1 fully saturated rings. The van der Waals surface area contributed by atoms with Gasteiger partial charge in [-0.15, -0.1) is 0 Å². The Bertz CT molecular complexity index is 1050. The zero-order valence-electron chi connectivity index (χ0n) is 16.8. The second kappa shape index (κ2) is 8.82. The van der Waals surface area contributed by atoms with Crippen LogP contribution in [0.15, 0.2) is 47.4 Å². The van der Waals surface area contributed by atoms with E-state index in [-0.39, 0.29) is 16.2 Å². The molecule has 3 rings (SSSR count). The number of nitrogens with zero attached hydrogens (tertiary/aromatic N) is 2. The predicted molar refractivity (Wildman–Crippen MR) is 112 cm³/mol. The van der Waals surface area contributed by atoms with E-state index in [4.69, 9.17) is 10.5 Å². The molecule has 30 heavy (non-hydrogen) atoms. The van der Waals surface area contributed by atoms with Crippen molar-refractivity contribution in [3.63, 3.8) is 0 Å². The molecule has 2 aromatic rings. The average Bonchev–Trinajstić information content (AvgIpc) is 2.74. The molecule has 0 atom stereocenters. The minimum Gasteiger partial charge on any atom is -0.495 e. The van der Waals surface area contributed by atoms with E-state index in [1.807, 2.05) is 7.05 Å². The van der Waals surface area contributed by atoms with Crippen molar-refractivity contribution < 1.29 is 22.7 Å². The Kier molecular flexibility index (Phi) is 6.40. The molecule has 0 aliphatic carbocycles. The number of carbonyl (C=O) groups is 2. The van der Waals surface area contributed by atoms with Crippen LogP contribution in [0.2, 0.25) is 0 Å². The zero-order chi connectivity index (χ0) is 21.9. The molecule has 0 spiro atoms. The fourth-order valence-corrected chi connectivity index (χ4v) is 4.71. The Labute approximate surface area is 175 Å². The third-order valence-electron chi connectivity index (χ3n) is 4.93. The molecule has 1 saturated heterocycles. The third-order valence-corrected chi connectivity index (χ3v) is 6.85. The van der Waals surface area contributed by atoms with Crippen molar-refractivity contribution in [2.45, 2.75) is 4.90 Å². The quantitative estimate of drug-likeness (QED) is 0.702. The number of hydrogen-bond donors (Lipinski definition) is 2. The standard InChI is InChI=1S/C20H24N4O5S/c1-23-9-11-24(12-10-23)30(27,28)18-13-15(5-8-17(18)29-2)20(26)22-16-6-3-14(4-7-16)19(21)25/h3-8,13H,9-12H2,1-2H3,(H2,21,25)(H,22,26). The van der Waals surface area contributed by atoms with Gasteiger partial charge in [-0.3, -0.25) is 9.59 Å². The summed E-state index contributed by atoms with van der Waals surface area (Å²) >= 11 is 0. The maximum absolute atomic E-state index is 13.2. The molecule has 0 unspecified atom stereocenters. The summed E-state index contributed by atoms with van der Waals surface area (Å²) in [6, 6.07) is 10.4. The van der Waals surface area contributed by atoms with Gasteiger partial charge in [-0.2, -0.15) is 4.31 Å². The number of methoxy groups -OCH3 is 1. The van der Waals surface area contributed by atoms with E-state index in [0.717, 1.165) is 0 Å². The van der Waals surface area contributed by atoms with Gasteiger partial charge in [-0.1, -0.05) is 0 Å². The van der Waals surface area contributed by atoms with E-state index >= 15 is 0 Å². The molecule has 0 aromatic heterocycles. The van der Waals surface area contributed by atoms with Crippen LogP contribution in [0.1, 0.15) is 20.7 Å². The first-order chi connectivity index (χ1) is 14.2. The molecule has 160 valence electrons. The Morgan fingerprint density at radius 1 is 1.00 bits per heavy atom. The number of piperazine rings is 1. The van der Waals surface area contributed by atoms with E-state index in [1.165, 1.54) is 41.7 Å². The van der Waals surface area contributed by atoms with Gasteiger partial charge < -0.3 is 20.7 Å². The van der Waals surface area contributed by atoms with Crippen LogP contribution in [0.25, 0.3) is 0 Å². The summed E-state index contributed by atoms with van der Waals surface area (Å²) in [5.74, 6) is -0.877. The number of likely N-dealkylation sites (N-methyl/N-ethyl adjacent to an activating group) is 1. The Hall–Kier alpha value is -2.95. The molecule has 1 aliphatic rings. The molecule has 9 nitrogen and oxygen atoms in total. The normalized spacial score (nSPS) is 15.5. The number of anilines is 1. The van der Waals surface area contributed by atoms with Gasteiger partial charge in [0, 0.05) is 43.0 Å². The first-order valence-electron chi connectivity index (χ1n) is 9.30. The van der Waals surface area contributed by atoms with Crippen LogP contribution >= 0.6 is 0 Å². The summed E-state index contributed by atoms with van der Waals surface area (Å²) in [7, 11) is -0.499. The lowest BCUT2D eigenvalue weighted by Gasteiger charge is -2.31. The summed E-state index contributed by atoms with van der Waals surface area (Å²) in [5, 5.41) is 2.68. The fraction of sp³-hybridized carbons (Fsp3) is 0.300. The number of rotatable bonds is 6. The lowest BCUT2D eigenvalue weighted by atomic mass is 10.1. The fourth-order valence-electron chi connectivity index (χ4n) is 3.11. The Balaban J connectivity index is 1.86. The average molecular weight is 433 g/mol. The number of hydrogen-bond acceptors (Lipinski definition) is 6. The summed E-state index contributed by atoms with van der Waals surface area (Å²) in [5.41, 5.74) is 6.14. The van der Waals surface area contributed by atoms with Crippen molar-refractivity contribution in [3.05, 3.63) is 53.6 Å². The number of carbonyl (C=O) groups excluding carboxylic acids is 2. The maximum Gasteiger partial charge on any atom is 0.255 e. The van der Waals surface area contributed by atoms with Gasteiger partial charge in [0.15, 0.2) is 0 Å². The lowest BCUT2D eigenvalue weighted by molar-refractivity contribution is 0.0998. The lowest BCUT2D eigenvalue weighted by Crippen LogP contribution is -2.47. The number of sulfonamides is 1. The van der Waals surface area contributed by atoms with E-state index < -0.39 is 21.8 Å². The highest BCUT2D eigenvalue weighted by Gasteiger charge is 2.30. The largest absolute Gasteiger partial charge is 0.495 e. The highest BCUT2D eigenvalue weighted by Crippen LogP contribution is 2.29. The van der Waals surface area contributed by atoms with Crippen LogP contribution in [0, 0.1) is 0 Å². The number of nitrogens with one attached hydrogen (secondary N) is 1. The molecule has 1 heterocycles. The molecule has 0 saturated carbocycles. The van der Waals surface area contributed by atoms with E-state index in [2.05, 4.69) is 10.2 Å². The van der Waals surface area contributed by atoms with E-state index in [9.17, 15) is 18.0 Å². The van der Waals surface area contributed by atoms with Gasteiger partial charge in [0.25, 0.3) is 5.91 Å². The maximum atomic E-state index is 13.2. The molecule has 3 N–H and O–H groups in total. The van der Waals surface area contributed by atoms with Gasteiger partial charge in [-0.25, -0.2) is 8.42 Å². The molecule has 10 heteroatoms. The van der Waals surface area contributed by atoms with Crippen molar-refractivity contribution in [1.82, 2.24) is 9.21 Å². The molecular formula is C20H24N4O5S. The summed E-state index contributed by atoms with van der Waals surface area (Å²) in [4.78, 5) is 25.8. The number of primary amides is 1. The highest BCUT2D eigenvalue weighted by atomic mass is 32.2. The topological polar surface area (TPSA) is 122 Å². The van der Waals surface area contributed by atoms with Gasteiger partial charge >= 0.3 is 0 Å². The van der Waals surface area contributed by atoms with Gasteiger partial charge in [-0.05, 0) is 49.5 Å². The van der Waals surface area contributed by atoms with Crippen LogP contribution in [-0.2, 0) is 10.0 Å². The van der Waals surface area contributed by atoms with Crippen LogP contribution < -0.4 is 15.8 Å². The minimum absolute atomic E-state index is 0.0497. The molecule has 0 bridgehead atoms. The second-order valence-corrected chi connectivity index (χ2v) is 8.88. The number of benzene rings is 2. The first kappa shape index (κ1) is 21.8. The second-order valence-electron chi connectivity index (χ2n) is 6.97. The first-order valence-corrected chi connectivity index (χ1v) is 10.7. The number of nitrogens with two attached hydrogens (primary N) is 1. The summed E-state index contributed by atoms with van der Waals surface area (Å²) in [6.45, 7) is 1.99. The Morgan fingerprint density at radius 2 is 1.60 bits per heavy atom. The monoisotopic (exact) mass is 432 g/mol. The van der Waals surface area contributed by atoms with Crippen LogP contribution in [0.3, 0.4) is 0 Å². The minimum atomic E-state index is -3.82. The van der Waals surface area contributed by atoms with E-state index in [0.29, 0.717) is 37.4 Å². The van der Waals surface area contributed by atoms with Crippen molar-refractivity contribution in [2.24, 2.45) is 5.73 Å². The van der Waals surface area contributed by atoms with Crippen molar-refractivity contribution in [1.29, 1.82) is 0 Å². The highest BCUT2D eigenvalue weighted by molar-refractivity contribution is 7.89. The molecular weight excluding hydrogens is 408 g/mol. The van der Waals surface area contributed by atoms with Crippen molar-refractivity contribution in [2.75, 3.05) is 45.7 Å². The number of ether oxygens (including phenoxy) is 1. The van der Waals surface area contributed by atoms with Gasteiger partial charge in [0.1, 0.15) is 10.6 Å². The van der Waals surface area contributed by atoms with E-state index in [1.54, 1.807) is 12.1 Å². The van der Waals surface area contributed by atoms with Crippen molar-refractivity contribution >= 4 is 27.5 Å². The molecule has 1 aliphatic heterocycles. The molecule has 0 radical (unpaired) electrons. The van der Waals surface area contributed by atoms with Crippen LogP contribution in [0.5, 0.6) is 5.75 Å².